The third-order valence-corrected chi connectivity index (χ3v) is 4.93. The molecule has 1 heterocycles. The average Bonchev–Trinajstić information content (AvgIpc) is 2.58. The van der Waals surface area contributed by atoms with Crippen LogP contribution in [-0.4, -0.2) is 75.7 Å². The van der Waals surface area contributed by atoms with Crippen LogP contribution < -0.4 is 10.6 Å². The molecule has 142 valence electrons. The van der Waals surface area contributed by atoms with E-state index in [-0.39, 0.29) is 24.0 Å². The summed E-state index contributed by atoms with van der Waals surface area (Å²) >= 11 is 0. The zero-order valence-corrected chi connectivity index (χ0v) is 18.6. The standard InChI is InChI=1S/C19H33N5.HI/c1-15-6-8-17(9-7-15)16(2)12-21-19(20-3)22-13-18-14-23(4)10-11-24(18)5;/h6-9,16,18H,10-14H2,1-5H3,(H2,20,21,22);1H. The van der Waals surface area contributed by atoms with Gasteiger partial charge in [0.2, 0.25) is 0 Å². The van der Waals surface area contributed by atoms with Crippen LogP contribution in [0.15, 0.2) is 29.3 Å². The highest BCUT2D eigenvalue weighted by molar-refractivity contribution is 14.0. The van der Waals surface area contributed by atoms with E-state index < -0.39 is 0 Å². The second-order valence-electron chi connectivity index (χ2n) is 7.04. The van der Waals surface area contributed by atoms with Crippen LogP contribution in [-0.2, 0) is 0 Å². The van der Waals surface area contributed by atoms with Crippen LogP contribution in [0.4, 0.5) is 0 Å². The minimum absolute atomic E-state index is 0. The Morgan fingerprint density at radius 2 is 1.88 bits per heavy atom. The second kappa shape index (κ2) is 11.0. The number of rotatable bonds is 5. The maximum absolute atomic E-state index is 4.36. The van der Waals surface area contributed by atoms with Crippen molar-refractivity contribution in [3.8, 4) is 0 Å². The summed E-state index contributed by atoms with van der Waals surface area (Å²) in [5, 5.41) is 6.93. The first-order valence-electron chi connectivity index (χ1n) is 8.89. The lowest BCUT2D eigenvalue weighted by Crippen LogP contribution is -2.55. The monoisotopic (exact) mass is 459 g/mol. The molecular formula is C19H34IN5. The van der Waals surface area contributed by atoms with Gasteiger partial charge in [-0.15, -0.1) is 24.0 Å². The van der Waals surface area contributed by atoms with Crippen molar-refractivity contribution in [3.63, 3.8) is 0 Å². The molecule has 1 aliphatic rings. The smallest absolute Gasteiger partial charge is 0.191 e. The molecule has 1 aromatic carbocycles. The zero-order chi connectivity index (χ0) is 17.5. The van der Waals surface area contributed by atoms with E-state index in [1.54, 1.807) is 0 Å². The molecule has 2 atom stereocenters. The summed E-state index contributed by atoms with van der Waals surface area (Å²) in [5.74, 6) is 1.34. The first-order chi connectivity index (χ1) is 11.5. The fourth-order valence-corrected chi connectivity index (χ4v) is 3.02. The van der Waals surface area contributed by atoms with Crippen LogP contribution in [0.5, 0.6) is 0 Å². The third-order valence-electron chi connectivity index (χ3n) is 4.93. The van der Waals surface area contributed by atoms with Crippen LogP contribution in [0.25, 0.3) is 0 Å². The normalized spacial score (nSPS) is 20.7. The zero-order valence-electron chi connectivity index (χ0n) is 16.2. The number of hydrogen-bond acceptors (Lipinski definition) is 3. The summed E-state index contributed by atoms with van der Waals surface area (Å²) in [4.78, 5) is 9.18. The Labute approximate surface area is 170 Å². The number of hydrogen-bond donors (Lipinski definition) is 2. The predicted octanol–water partition coefficient (Wildman–Crippen LogP) is 2.13. The lowest BCUT2D eigenvalue weighted by molar-refractivity contribution is 0.116. The molecule has 1 saturated heterocycles. The summed E-state index contributed by atoms with van der Waals surface area (Å²) in [6.07, 6.45) is 0. The Morgan fingerprint density at radius 3 is 2.52 bits per heavy atom. The molecule has 25 heavy (non-hydrogen) atoms. The van der Waals surface area contributed by atoms with Crippen LogP contribution in [0, 0.1) is 6.92 Å². The highest BCUT2D eigenvalue weighted by Crippen LogP contribution is 2.14. The molecule has 2 unspecified atom stereocenters. The number of likely N-dealkylation sites (N-methyl/N-ethyl adjacent to an activating group) is 2. The van der Waals surface area contributed by atoms with Gasteiger partial charge in [-0.1, -0.05) is 36.8 Å². The fraction of sp³-hybridized carbons (Fsp3) is 0.632. The lowest BCUT2D eigenvalue weighted by Gasteiger charge is -2.38. The van der Waals surface area contributed by atoms with Crippen LogP contribution in [0.3, 0.4) is 0 Å². The van der Waals surface area contributed by atoms with E-state index in [9.17, 15) is 0 Å². The molecule has 0 aromatic heterocycles. The molecule has 0 bridgehead atoms. The van der Waals surface area contributed by atoms with E-state index in [0.29, 0.717) is 12.0 Å². The minimum Gasteiger partial charge on any atom is -0.356 e. The largest absolute Gasteiger partial charge is 0.356 e. The molecular weight excluding hydrogens is 425 g/mol. The molecule has 0 radical (unpaired) electrons. The quantitative estimate of drug-likeness (QED) is 0.402. The molecule has 5 nitrogen and oxygen atoms in total. The highest BCUT2D eigenvalue weighted by atomic mass is 127. The van der Waals surface area contributed by atoms with Crippen LogP contribution in [0.2, 0.25) is 0 Å². The van der Waals surface area contributed by atoms with Crippen LogP contribution in [0.1, 0.15) is 24.0 Å². The van der Waals surface area contributed by atoms with Crippen molar-refractivity contribution < 1.29 is 0 Å². The van der Waals surface area contributed by atoms with Gasteiger partial charge in [0.15, 0.2) is 5.96 Å². The van der Waals surface area contributed by atoms with E-state index in [1.165, 1.54) is 11.1 Å². The first-order valence-corrected chi connectivity index (χ1v) is 8.89. The van der Waals surface area contributed by atoms with Crippen molar-refractivity contribution in [2.75, 3.05) is 53.9 Å². The molecule has 0 aliphatic carbocycles. The molecule has 0 amide bonds. The average molecular weight is 459 g/mol. The van der Waals surface area contributed by atoms with Crippen molar-refractivity contribution in [3.05, 3.63) is 35.4 Å². The highest BCUT2D eigenvalue weighted by Gasteiger charge is 2.22. The number of piperazine rings is 1. The molecule has 1 aromatic rings. The van der Waals surface area contributed by atoms with Gasteiger partial charge in [0.05, 0.1) is 0 Å². The molecule has 2 rings (SSSR count). The van der Waals surface area contributed by atoms with E-state index in [0.717, 1.165) is 38.7 Å². The Kier molecular flexibility index (Phi) is 9.74. The van der Waals surface area contributed by atoms with Crippen molar-refractivity contribution >= 4 is 29.9 Å². The maximum atomic E-state index is 4.36. The van der Waals surface area contributed by atoms with Crippen LogP contribution >= 0.6 is 24.0 Å². The molecule has 6 heteroatoms. The van der Waals surface area contributed by atoms with Gasteiger partial charge in [-0.3, -0.25) is 9.89 Å². The van der Waals surface area contributed by atoms with Gasteiger partial charge < -0.3 is 15.5 Å². The number of nitrogens with zero attached hydrogens (tertiary/aromatic N) is 3. The van der Waals surface area contributed by atoms with E-state index in [2.05, 4.69) is 77.6 Å². The maximum Gasteiger partial charge on any atom is 0.191 e. The van der Waals surface area contributed by atoms with Gasteiger partial charge in [-0.05, 0) is 32.5 Å². The number of nitrogens with one attached hydrogen (secondary N) is 2. The molecule has 0 saturated carbocycles. The van der Waals surface area contributed by atoms with Crippen molar-refractivity contribution in [2.45, 2.75) is 25.8 Å². The predicted molar refractivity (Wildman–Crippen MR) is 118 cm³/mol. The van der Waals surface area contributed by atoms with Gasteiger partial charge in [0, 0.05) is 45.8 Å². The summed E-state index contributed by atoms with van der Waals surface area (Å²) in [6, 6.07) is 9.30. The van der Waals surface area contributed by atoms with Crippen molar-refractivity contribution in [1.82, 2.24) is 20.4 Å². The summed E-state index contributed by atoms with van der Waals surface area (Å²) in [7, 11) is 6.23. The van der Waals surface area contributed by atoms with E-state index in [1.807, 2.05) is 7.05 Å². The van der Waals surface area contributed by atoms with E-state index >= 15 is 0 Å². The summed E-state index contributed by atoms with van der Waals surface area (Å²) < 4.78 is 0. The van der Waals surface area contributed by atoms with Gasteiger partial charge >= 0.3 is 0 Å². The number of aliphatic imine (C=N–C) groups is 1. The topological polar surface area (TPSA) is 42.9 Å². The molecule has 1 fully saturated rings. The SMILES string of the molecule is CN=C(NCC(C)c1ccc(C)cc1)NCC1CN(C)CCN1C.I. The Balaban J connectivity index is 0.00000312. The number of halogens is 1. The van der Waals surface area contributed by atoms with Gasteiger partial charge in [0.25, 0.3) is 0 Å². The number of guanidine groups is 1. The van der Waals surface area contributed by atoms with Crippen molar-refractivity contribution in [2.24, 2.45) is 4.99 Å². The fourth-order valence-electron chi connectivity index (χ4n) is 3.02. The molecule has 0 spiro atoms. The van der Waals surface area contributed by atoms with Gasteiger partial charge in [0.1, 0.15) is 0 Å². The Bertz CT molecular complexity index is 531. The van der Waals surface area contributed by atoms with Gasteiger partial charge in [-0.2, -0.15) is 0 Å². The molecule has 2 N–H and O–H groups in total. The number of benzene rings is 1. The van der Waals surface area contributed by atoms with E-state index in [4.69, 9.17) is 0 Å². The van der Waals surface area contributed by atoms with Crippen molar-refractivity contribution in [1.29, 1.82) is 0 Å². The summed E-state index contributed by atoms with van der Waals surface area (Å²) in [5.41, 5.74) is 2.66. The molecule has 1 aliphatic heterocycles. The third kappa shape index (κ3) is 7.11. The summed E-state index contributed by atoms with van der Waals surface area (Å²) in [6.45, 7) is 9.53. The minimum atomic E-state index is 0. The first kappa shape index (κ1) is 22.2. The van der Waals surface area contributed by atoms with Gasteiger partial charge in [-0.25, -0.2) is 0 Å². The Hall–Kier alpha value is -0.860. The second-order valence-corrected chi connectivity index (χ2v) is 7.04. The number of aryl methyl sites for hydroxylation is 1. The lowest BCUT2D eigenvalue weighted by atomic mass is 10.0. The Morgan fingerprint density at radius 1 is 1.20 bits per heavy atom.